The van der Waals surface area contributed by atoms with E-state index in [1.807, 2.05) is 0 Å². The van der Waals surface area contributed by atoms with Crippen LogP contribution in [0.1, 0.15) is 28.8 Å². The van der Waals surface area contributed by atoms with Crippen LogP contribution in [0.3, 0.4) is 0 Å². The summed E-state index contributed by atoms with van der Waals surface area (Å²) in [5.41, 5.74) is 1.55. The molecule has 2 rings (SSSR count). The Morgan fingerprint density at radius 3 is 2.94 bits per heavy atom. The first kappa shape index (κ1) is 13.1. The fourth-order valence-electron chi connectivity index (χ4n) is 1.94. The molecule has 0 saturated carbocycles. The van der Waals surface area contributed by atoms with Crippen molar-refractivity contribution in [1.29, 1.82) is 0 Å². The molecule has 1 aromatic rings. The van der Waals surface area contributed by atoms with Gasteiger partial charge in [0.05, 0.1) is 17.9 Å². The van der Waals surface area contributed by atoms with E-state index >= 15 is 0 Å². The van der Waals surface area contributed by atoms with Crippen LogP contribution in [0.25, 0.3) is 0 Å². The molecule has 0 spiro atoms. The number of hydrogen-bond acceptors (Lipinski definition) is 3. The SMILES string of the molecule is O=C(O)CC(Br)C(=O)c1ccc2c(c1)CCCO2. The number of carbonyl (C=O) groups excluding carboxylic acids is 1. The van der Waals surface area contributed by atoms with Crippen LogP contribution >= 0.6 is 15.9 Å². The Kier molecular flexibility index (Phi) is 4.01. The Bertz CT molecular complexity index is 484. The molecule has 1 aliphatic rings. The second-order valence-corrected chi connectivity index (χ2v) is 5.31. The fourth-order valence-corrected chi connectivity index (χ4v) is 2.48. The van der Waals surface area contributed by atoms with E-state index in [0.29, 0.717) is 12.2 Å². The number of ketones is 1. The van der Waals surface area contributed by atoms with Crippen LogP contribution in [0.5, 0.6) is 5.75 Å². The topological polar surface area (TPSA) is 63.6 Å². The highest BCUT2D eigenvalue weighted by atomic mass is 79.9. The molecular formula is C13H13BrO4. The van der Waals surface area contributed by atoms with Gasteiger partial charge in [-0.2, -0.15) is 0 Å². The van der Waals surface area contributed by atoms with Crippen LogP contribution < -0.4 is 4.74 Å². The summed E-state index contributed by atoms with van der Waals surface area (Å²) in [5, 5.41) is 8.67. The molecule has 0 aromatic heterocycles. The van der Waals surface area contributed by atoms with E-state index in [9.17, 15) is 9.59 Å². The molecular weight excluding hydrogens is 300 g/mol. The molecule has 0 aliphatic carbocycles. The van der Waals surface area contributed by atoms with E-state index in [1.165, 1.54) is 0 Å². The number of halogens is 1. The Hall–Kier alpha value is -1.36. The van der Waals surface area contributed by atoms with Crippen LogP contribution in [0, 0.1) is 0 Å². The van der Waals surface area contributed by atoms with E-state index < -0.39 is 10.8 Å². The highest BCUT2D eigenvalue weighted by molar-refractivity contribution is 9.10. The van der Waals surface area contributed by atoms with Gasteiger partial charge >= 0.3 is 5.97 Å². The number of carboxylic acids is 1. The molecule has 1 aromatic carbocycles. The standard InChI is InChI=1S/C13H13BrO4/c14-10(7-12(15)16)13(17)9-3-4-11-8(6-9)2-1-5-18-11/h3-4,6,10H,1-2,5,7H2,(H,15,16). The monoisotopic (exact) mass is 312 g/mol. The average Bonchev–Trinajstić information content (AvgIpc) is 2.36. The maximum Gasteiger partial charge on any atom is 0.304 e. The van der Waals surface area contributed by atoms with Gasteiger partial charge in [0.25, 0.3) is 0 Å². The van der Waals surface area contributed by atoms with E-state index in [4.69, 9.17) is 9.84 Å². The smallest absolute Gasteiger partial charge is 0.304 e. The predicted octanol–water partition coefficient (Wildman–Crippen LogP) is 2.43. The molecule has 18 heavy (non-hydrogen) atoms. The number of rotatable bonds is 4. The summed E-state index contributed by atoms with van der Waals surface area (Å²) in [7, 11) is 0. The molecule has 1 atom stereocenters. The summed E-state index contributed by atoms with van der Waals surface area (Å²) in [5.74, 6) is -0.376. The number of hydrogen-bond donors (Lipinski definition) is 1. The minimum Gasteiger partial charge on any atom is -0.493 e. The van der Waals surface area contributed by atoms with E-state index in [0.717, 1.165) is 24.2 Å². The third-order valence-electron chi connectivity index (χ3n) is 2.83. The minimum atomic E-state index is -0.994. The molecule has 0 amide bonds. The Morgan fingerprint density at radius 1 is 1.44 bits per heavy atom. The normalized spacial score (nSPS) is 15.4. The van der Waals surface area contributed by atoms with Crippen molar-refractivity contribution in [2.24, 2.45) is 0 Å². The number of ether oxygens (including phenoxy) is 1. The summed E-state index contributed by atoms with van der Waals surface area (Å²) in [6, 6.07) is 5.26. The lowest BCUT2D eigenvalue weighted by molar-refractivity contribution is -0.136. The maximum atomic E-state index is 12.0. The number of aliphatic carboxylic acids is 1. The number of alkyl halides is 1. The van der Waals surface area contributed by atoms with Crippen LogP contribution in [0.2, 0.25) is 0 Å². The Balaban J connectivity index is 2.18. The lowest BCUT2D eigenvalue weighted by Crippen LogP contribution is -2.19. The van der Waals surface area contributed by atoms with Crippen molar-refractivity contribution in [1.82, 2.24) is 0 Å². The van der Waals surface area contributed by atoms with Crippen molar-refractivity contribution >= 4 is 27.7 Å². The second-order valence-electron chi connectivity index (χ2n) is 4.20. The summed E-state index contributed by atoms with van der Waals surface area (Å²) in [6.07, 6.45) is 1.62. The molecule has 5 heteroatoms. The average molecular weight is 313 g/mol. The van der Waals surface area contributed by atoms with Crippen LogP contribution in [0.15, 0.2) is 18.2 Å². The summed E-state index contributed by atoms with van der Waals surface area (Å²) in [4.78, 5) is 21.9. The van der Waals surface area contributed by atoms with Gasteiger partial charge in [0.15, 0.2) is 5.78 Å². The molecule has 96 valence electrons. The molecule has 0 fully saturated rings. The minimum absolute atomic E-state index is 0.203. The van der Waals surface area contributed by atoms with Gasteiger partial charge in [0.1, 0.15) is 5.75 Å². The molecule has 0 bridgehead atoms. The molecule has 1 N–H and O–H groups in total. The summed E-state index contributed by atoms with van der Waals surface area (Å²) in [6.45, 7) is 0.709. The van der Waals surface area contributed by atoms with Gasteiger partial charge in [-0.15, -0.1) is 0 Å². The van der Waals surface area contributed by atoms with Crippen molar-refractivity contribution < 1.29 is 19.4 Å². The van der Waals surface area contributed by atoms with Crippen LogP contribution in [-0.4, -0.2) is 28.3 Å². The Morgan fingerprint density at radius 2 is 2.22 bits per heavy atom. The van der Waals surface area contributed by atoms with Gasteiger partial charge < -0.3 is 9.84 Å². The first-order valence-electron chi connectivity index (χ1n) is 5.73. The van der Waals surface area contributed by atoms with Gasteiger partial charge in [-0.3, -0.25) is 9.59 Å². The second kappa shape index (κ2) is 5.52. The van der Waals surface area contributed by atoms with Crippen LogP contribution in [0.4, 0.5) is 0 Å². The number of carboxylic acid groups (broad SMARTS) is 1. The van der Waals surface area contributed by atoms with Crippen molar-refractivity contribution in [3.05, 3.63) is 29.3 Å². The molecule has 1 heterocycles. The fraction of sp³-hybridized carbons (Fsp3) is 0.385. The van der Waals surface area contributed by atoms with E-state index in [1.54, 1.807) is 18.2 Å². The van der Waals surface area contributed by atoms with E-state index in [2.05, 4.69) is 15.9 Å². The first-order chi connectivity index (χ1) is 8.58. The zero-order chi connectivity index (χ0) is 13.1. The highest BCUT2D eigenvalue weighted by Gasteiger charge is 2.21. The number of aryl methyl sites for hydroxylation is 1. The van der Waals surface area contributed by atoms with Gasteiger partial charge in [-0.25, -0.2) is 0 Å². The zero-order valence-corrected chi connectivity index (χ0v) is 11.3. The van der Waals surface area contributed by atoms with Crippen molar-refractivity contribution in [2.45, 2.75) is 24.1 Å². The largest absolute Gasteiger partial charge is 0.493 e. The third kappa shape index (κ3) is 2.90. The number of fused-ring (bicyclic) bond motifs is 1. The number of carbonyl (C=O) groups is 2. The van der Waals surface area contributed by atoms with Crippen molar-refractivity contribution in [3.63, 3.8) is 0 Å². The lowest BCUT2D eigenvalue weighted by atomic mass is 9.99. The maximum absolute atomic E-state index is 12.0. The van der Waals surface area contributed by atoms with Gasteiger partial charge in [0, 0.05) is 5.56 Å². The summed E-state index contributed by atoms with van der Waals surface area (Å²) >= 11 is 3.12. The Labute approximate surface area is 113 Å². The van der Waals surface area contributed by atoms with E-state index in [-0.39, 0.29) is 12.2 Å². The molecule has 1 aliphatic heterocycles. The predicted molar refractivity (Wildman–Crippen MR) is 69.6 cm³/mol. The van der Waals surface area contributed by atoms with Crippen LogP contribution in [-0.2, 0) is 11.2 Å². The molecule has 0 radical (unpaired) electrons. The number of Topliss-reactive ketones (excluding diaryl/α,β-unsaturated/α-hetero) is 1. The van der Waals surface area contributed by atoms with Crippen molar-refractivity contribution in [2.75, 3.05) is 6.61 Å². The summed E-state index contributed by atoms with van der Waals surface area (Å²) < 4.78 is 5.47. The molecule has 0 saturated heterocycles. The third-order valence-corrected chi connectivity index (χ3v) is 3.57. The quantitative estimate of drug-likeness (QED) is 0.685. The molecule has 1 unspecified atom stereocenters. The van der Waals surface area contributed by atoms with Gasteiger partial charge in [-0.1, -0.05) is 15.9 Å². The zero-order valence-electron chi connectivity index (χ0n) is 9.69. The van der Waals surface area contributed by atoms with Gasteiger partial charge in [-0.05, 0) is 36.6 Å². The van der Waals surface area contributed by atoms with Gasteiger partial charge in [0.2, 0.25) is 0 Å². The molecule has 4 nitrogen and oxygen atoms in total. The highest BCUT2D eigenvalue weighted by Crippen LogP contribution is 2.26. The first-order valence-corrected chi connectivity index (χ1v) is 6.65. The van der Waals surface area contributed by atoms with Crippen molar-refractivity contribution in [3.8, 4) is 5.75 Å². The lowest BCUT2D eigenvalue weighted by Gasteiger charge is -2.18. The number of benzene rings is 1.